The number of hydrogen-bond donors (Lipinski definition) is 12. The fraction of sp³-hybridized carbons (Fsp3) is 0.759. The Balaban J connectivity index is 1.38. The van der Waals surface area contributed by atoms with E-state index in [2.05, 4.69) is 129 Å². The normalized spacial score (nSPS) is 26.3. The Kier molecular flexibility index (Phi) is 59.9. The highest BCUT2D eigenvalue weighted by molar-refractivity contribution is 5.76. The maximum absolute atomic E-state index is 13.5. The van der Waals surface area contributed by atoms with Crippen molar-refractivity contribution in [2.24, 2.45) is 0 Å². The first-order valence-electron chi connectivity index (χ1n) is 41.8. The molecule has 3 saturated heterocycles. The van der Waals surface area contributed by atoms with Gasteiger partial charge < -0.3 is 89.9 Å². The number of aliphatic hydroxyl groups is 11. The standard InChI is InChI=1S/C87H149NO18/c1-3-5-7-9-11-13-15-17-19-21-23-25-27-29-31-32-33-34-35-36-37-38-39-41-43-45-47-49-51-53-55-57-59-61-63-65-75(93)88-70(71(92)64-62-60-58-56-54-52-50-48-46-44-42-40-30-28-26-24-22-20-18-16-14-12-10-8-6-4-2)69-101-85-81(99)78(96)83(73(67-90)103-85)106-87-82(100)79(97)84(74(68-91)104-87)105-86-80(98)77(95)76(94)72(66-89)102-86/h5,7,11,13,17,19,23,25,29,31,33-34,36-37,39,41,54,56,62,64,70-74,76-87,89-92,94-100H,3-4,6,8-10,12,14-16,18,20-22,24,26-28,30,32,35,38,40,42-53,55,57-61,63,65-69H2,1-2H3,(H,88,93)/b7-5-,13-11-,19-17-,25-23-,31-29-,34-33-,37-36-,41-39-,56-54+,64-62+. The van der Waals surface area contributed by atoms with Crippen LogP contribution in [0.2, 0.25) is 0 Å². The van der Waals surface area contributed by atoms with Gasteiger partial charge >= 0.3 is 0 Å². The van der Waals surface area contributed by atoms with E-state index in [0.29, 0.717) is 12.8 Å². The van der Waals surface area contributed by atoms with Crippen LogP contribution in [0.15, 0.2) is 122 Å². The fourth-order valence-corrected chi connectivity index (χ4v) is 13.3. The Morgan fingerprint density at radius 1 is 0.349 bits per heavy atom. The number of ether oxygens (including phenoxy) is 6. The SMILES string of the molecule is CC/C=C\C/C=C\C/C=C\C/C=C\C/C=C\C/C=C\C/C=C\C/C=C\CCCCCCCCCCCCC(=O)NC(COC1OC(CO)C(OC2OC(CO)C(OC3OC(CO)C(O)C(O)C3O)C(O)C2O)C(O)C1O)C(O)/C=C/CC/C=C/CCCCCCCCCCCCCCCCCCCCCC. The molecule has 0 bridgehead atoms. The minimum Gasteiger partial charge on any atom is -0.394 e. The second-order valence-electron chi connectivity index (χ2n) is 29.2. The van der Waals surface area contributed by atoms with Crippen molar-refractivity contribution < 1.29 is 89.4 Å². The lowest BCUT2D eigenvalue weighted by atomic mass is 9.96. The molecule has 17 unspecified atom stereocenters. The lowest BCUT2D eigenvalue weighted by Gasteiger charge is -2.48. The Labute approximate surface area is 639 Å². The highest BCUT2D eigenvalue weighted by Crippen LogP contribution is 2.33. The molecule has 106 heavy (non-hydrogen) atoms. The molecule has 610 valence electrons. The first kappa shape index (κ1) is 96.4. The average molecular weight is 1500 g/mol. The quantitative estimate of drug-likeness (QED) is 0.0199. The van der Waals surface area contributed by atoms with Crippen molar-refractivity contribution in [2.45, 2.75) is 394 Å². The van der Waals surface area contributed by atoms with Gasteiger partial charge in [0.1, 0.15) is 73.2 Å². The molecule has 12 N–H and O–H groups in total. The second-order valence-corrected chi connectivity index (χ2v) is 29.2. The molecule has 19 heteroatoms. The highest BCUT2D eigenvalue weighted by Gasteiger charge is 2.54. The monoisotopic (exact) mass is 1500 g/mol. The summed E-state index contributed by atoms with van der Waals surface area (Å²) in [5.74, 6) is -0.292. The molecule has 0 radical (unpaired) electrons. The zero-order valence-electron chi connectivity index (χ0n) is 65.4. The van der Waals surface area contributed by atoms with E-state index in [9.17, 15) is 61.0 Å². The van der Waals surface area contributed by atoms with Gasteiger partial charge in [-0.25, -0.2) is 0 Å². The lowest BCUT2D eigenvalue weighted by Crippen LogP contribution is -2.66. The van der Waals surface area contributed by atoms with Gasteiger partial charge in [-0.2, -0.15) is 0 Å². The maximum atomic E-state index is 13.5. The van der Waals surface area contributed by atoms with E-state index in [0.717, 1.165) is 103 Å². The van der Waals surface area contributed by atoms with Gasteiger partial charge in [-0.15, -0.1) is 0 Å². The van der Waals surface area contributed by atoms with Crippen molar-refractivity contribution in [2.75, 3.05) is 26.4 Å². The highest BCUT2D eigenvalue weighted by atomic mass is 16.8. The van der Waals surface area contributed by atoms with E-state index in [1.807, 2.05) is 6.08 Å². The molecule has 3 aliphatic rings. The fourth-order valence-electron chi connectivity index (χ4n) is 13.3. The van der Waals surface area contributed by atoms with Crippen LogP contribution in [0.1, 0.15) is 290 Å². The van der Waals surface area contributed by atoms with Crippen LogP contribution in [-0.4, -0.2) is 193 Å². The molecule has 0 aromatic rings. The van der Waals surface area contributed by atoms with Crippen molar-refractivity contribution in [3.63, 3.8) is 0 Å². The average Bonchev–Trinajstić information content (AvgIpc) is 0.779. The van der Waals surface area contributed by atoms with Crippen molar-refractivity contribution >= 4 is 5.91 Å². The summed E-state index contributed by atoms with van der Waals surface area (Å²) in [6.07, 6.45) is 66.1. The molecule has 3 aliphatic heterocycles. The minimum atomic E-state index is -1.99. The minimum absolute atomic E-state index is 0.223. The number of amides is 1. The molecule has 3 rings (SSSR count). The third kappa shape index (κ3) is 44.9. The number of aliphatic hydroxyl groups excluding tert-OH is 11. The van der Waals surface area contributed by atoms with Crippen molar-refractivity contribution in [3.05, 3.63) is 122 Å². The van der Waals surface area contributed by atoms with Crippen molar-refractivity contribution in [3.8, 4) is 0 Å². The van der Waals surface area contributed by atoms with Crippen LogP contribution < -0.4 is 5.32 Å². The number of rotatable bonds is 65. The zero-order chi connectivity index (χ0) is 76.7. The third-order valence-corrected chi connectivity index (χ3v) is 20.0. The van der Waals surface area contributed by atoms with E-state index >= 15 is 0 Å². The van der Waals surface area contributed by atoms with Crippen molar-refractivity contribution in [1.82, 2.24) is 5.32 Å². The molecule has 3 fully saturated rings. The van der Waals surface area contributed by atoms with Crippen LogP contribution in [-0.2, 0) is 33.2 Å². The number of carbonyl (C=O) groups is 1. The summed E-state index contributed by atoms with van der Waals surface area (Å²) < 4.78 is 34.4. The molecule has 19 nitrogen and oxygen atoms in total. The maximum Gasteiger partial charge on any atom is 0.220 e. The summed E-state index contributed by atoms with van der Waals surface area (Å²) >= 11 is 0. The predicted octanol–water partition coefficient (Wildman–Crippen LogP) is 14.7. The Morgan fingerprint density at radius 2 is 0.660 bits per heavy atom. The molecular formula is C87H149NO18. The Hall–Kier alpha value is -3.81. The Morgan fingerprint density at radius 3 is 1.06 bits per heavy atom. The van der Waals surface area contributed by atoms with Crippen LogP contribution >= 0.6 is 0 Å². The van der Waals surface area contributed by atoms with Gasteiger partial charge in [0.15, 0.2) is 18.9 Å². The number of unbranched alkanes of at least 4 members (excludes halogenated alkanes) is 31. The van der Waals surface area contributed by atoms with E-state index in [1.165, 1.54) is 154 Å². The first-order chi connectivity index (χ1) is 51.8. The third-order valence-electron chi connectivity index (χ3n) is 20.0. The molecule has 0 aromatic carbocycles. The summed E-state index contributed by atoms with van der Waals surface area (Å²) in [4.78, 5) is 13.5. The van der Waals surface area contributed by atoms with E-state index in [1.54, 1.807) is 6.08 Å². The van der Waals surface area contributed by atoms with Crippen molar-refractivity contribution in [1.29, 1.82) is 0 Å². The molecule has 0 aliphatic carbocycles. The summed E-state index contributed by atoms with van der Waals surface area (Å²) in [6.45, 7) is 1.62. The molecule has 1 amide bonds. The molecule has 0 spiro atoms. The number of allylic oxidation sites excluding steroid dienone is 19. The number of nitrogens with one attached hydrogen (secondary N) is 1. The van der Waals surface area contributed by atoms with Crippen LogP contribution in [0.25, 0.3) is 0 Å². The molecular weight excluding hydrogens is 1350 g/mol. The topological polar surface area (TPSA) is 307 Å². The van der Waals surface area contributed by atoms with Crippen LogP contribution in [0.5, 0.6) is 0 Å². The number of carbonyl (C=O) groups excluding carboxylic acids is 1. The second kappa shape index (κ2) is 65.9. The van der Waals surface area contributed by atoms with Gasteiger partial charge in [0.25, 0.3) is 0 Å². The summed E-state index contributed by atoms with van der Waals surface area (Å²) in [7, 11) is 0. The summed E-state index contributed by atoms with van der Waals surface area (Å²) in [6, 6.07) is -1.00. The van der Waals surface area contributed by atoms with Crippen LogP contribution in [0.3, 0.4) is 0 Å². The van der Waals surface area contributed by atoms with E-state index in [-0.39, 0.29) is 18.9 Å². The van der Waals surface area contributed by atoms with Gasteiger partial charge in [0.2, 0.25) is 5.91 Å². The van der Waals surface area contributed by atoms with Gasteiger partial charge in [-0.3, -0.25) is 4.79 Å². The van der Waals surface area contributed by atoms with E-state index in [4.69, 9.17) is 28.4 Å². The van der Waals surface area contributed by atoms with Gasteiger partial charge in [0.05, 0.1) is 38.6 Å². The first-order valence-corrected chi connectivity index (χ1v) is 41.8. The molecule has 3 heterocycles. The molecule has 17 atom stereocenters. The lowest BCUT2D eigenvalue weighted by molar-refractivity contribution is -0.379. The largest absolute Gasteiger partial charge is 0.394 e. The smallest absolute Gasteiger partial charge is 0.220 e. The van der Waals surface area contributed by atoms with Gasteiger partial charge in [-0.05, 0) is 96.3 Å². The summed E-state index contributed by atoms with van der Waals surface area (Å²) in [5.41, 5.74) is 0. The number of hydrogen-bond acceptors (Lipinski definition) is 18. The Bertz CT molecular complexity index is 2390. The molecule has 0 saturated carbocycles. The van der Waals surface area contributed by atoms with Crippen LogP contribution in [0.4, 0.5) is 0 Å². The van der Waals surface area contributed by atoms with E-state index < -0.39 is 124 Å². The zero-order valence-corrected chi connectivity index (χ0v) is 65.4. The van der Waals surface area contributed by atoms with Gasteiger partial charge in [0, 0.05) is 6.42 Å². The predicted molar refractivity (Wildman–Crippen MR) is 424 cm³/mol. The van der Waals surface area contributed by atoms with Crippen LogP contribution in [0, 0.1) is 0 Å². The van der Waals surface area contributed by atoms with Gasteiger partial charge in [-0.1, -0.05) is 309 Å². The summed E-state index contributed by atoms with van der Waals surface area (Å²) in [5, 5.41) is 121. The molecule has 0 aromatic heterocycles.